The van der Waals surface area contributed by atoms with E-state index in [4.69, 9.17) is 11.6 Å². The minimum Gasteiger partial charge on any atom is -0.480 e. The highest BCUT2D eigenvalue weighted by molar-refractivity contribution is 6.30. The van der Waals surface area contributed by atoms with Gasteiger partial charge < -0.3 is 15.7 Å². The molecular weight excluding hydrogens is 453 g/mol. The van der Waals surface area contributed by atoms with Crippen LogP contribution in [0, 0.1) is 17.2 Å². The van der Waals surface area contributed by atoms with E-state index in [1.54, 1.807) is 36.4 Å². The van der Waals surface area contributed by atoms with Crippen molar-refractivity contribution in [3.63, 3.8) is 0 Å². The Hall–Kier alpha value is -3.98. The zero-order valence-corrected chi connectivity index (χ0v) is 17.7. The molecule has 8 nitrogen and oxygen atoms in total. The molecule has 1 aromatic heterocycles. The molecule has 2 amide bonds. The van der Waals surface area contributed by atoms with Crippen molar-refractivity contribution in [1.29, 1.82) is 0 Å². The van der Waals surface area contributed by atoms with Crippen LogP contribution in [0.25, 0.3) is 5.69 Å². The van der Waals surface area contributed by atoms with Crippen LogP contribution in [0.15, 0.2) is 71.7 Å². The third-order valence-electron chi connectivity index (χ3n) is 5.48. The van der Waals surface area contributed by atoms with Crippen molar-refractivity contribution in [3.8, 4) is 5.69 Å². The Kier molecular flexibility index (Phi) is 5.73. The van der Waals surface area contributed by atoms with Gasteiger partial charge in [-0.15, -0.1) is 0 Å². The van der Waals surface area contributed by atoms with Gasteiger partial charge in [-0.25, -0.2) is 4.39 Å². The fourth-order valence-corrected chi connectivity index (χ4v) is 3.68. The van der Waals surface area contributed by atoms with E-state index >= 15 is 0 Å². The van der Waals surface area contributed by atoms with Crippen LogP contribution in [-0.4, -0.2) is 27.5 Å². The standard InChI is InChI=1S/C23H17ClFN3O5/c24-13-4-6-14(7-5-13)26-20(30)16-12-23(16,22(32)33)21(31)27-18-9-8-15(11-17(18)25)28-10-2-1-3-19(28)29/h1-11,16H,12H2,(H,26,30)(H,27,31)(H,32,33)/t16-,23+/m1/s1. The highest BCUT2D eigenvalue weighted by Gasteiger charge is 2.69. The molecule has 1 aliphatic carbocycles. The van der Waals surface area contributed by atoms with Crippen molar-refractivity contribution in [2.24, 2.45) is 11.3 Å². The molecule has 0 saturated heterocycles. The maximum atomic E-state index is 14.6. The number of nitrogens with one attached hydrogen (secondary N) is 2. The number of amides is 2. The number of benzene rings is 2. The van der Waals surface area contributed by atoms with E-state index in [2.05, 4.69) is 10.6 Å². The zero-order valence-electron chi connectivity index (χ0n) is 16.9. The second-order valence-electron chi connectivity index (χ2n) is 7.56. The fraction of sp³-hybridized carbons (Fsp3) is 0.130. The van der Waals surface area contributed by atoms with E-state index in [-0.39, 0.29) is 23.4 Å². The normalized spacial score (nSPS) is 18.9. The van der Waals surface area contributed by atoms with Crippen molar-refractivity contribution >= 4 is 40.8 Å². The Morgan fingerprint density at radius 3 is 2.42 bits per heavy atom. The number of pyridine rings is 1. The summed E-state index contributed by atoms with van der Waals surface area (Å²) in [6.45, 7) is 0. The number of carboxylic acid groups (broad SMARTS) is 1. The molecule has 33 heavy (non-hydrogen) atoms. The molecule has 10 heteroatoms. The van der Waals surface area contributed by atoms with Crippen molar-refractivity contribution in [2.45, 2.75) is 6.42 Å². The van der Waals surface area contributed by atoms with Crippen molar-refractivity contribution < 1.29 is 23.9 Å². The van der Waals surface area contributed by atoms with Gasteiger partial charge in [0.1, 0.15) is 5.82 Å². The number of anilines is 2. The lowest BCUT2D eigenvalue weighted by Crippen LogP contribution is -2.36. The number of carboxylic acids is 1. The summed E-state index contributed by atoms with van der Waals surface area (Å²) < 4.78 is 15.9. The number of rotatable bonds is 6. The van der Waals surface area contributed by atoms with Crippen LogP contribution in [0.2, 0.25) is 5.02 Å². The Labute approximate surface area is 191 Å². The van der Waals surface area contributed by atoms with Crippen LogP contribution in [0.4, 0.5) is 15.8 Å². The summed E-state index contributed by atoms with van der Waals surface area (Å²) in [5.74, 6) is -5.12. The molecule has 3 N–H and O–H groups in total. The maximum absolute atomic E-state index is 14.6. The molecule has 0 bridgehead atoms. The molecule has 2 atom stereocenters. The summed E-state index contributed by atoms with van der Waals surface area (Å²) >= 11 is 5.80. The lowest BCUT2D eigenvalue weighted by molar-refractivity contribution is -0.149. The first kappa shape index (κ1) is 22.2. The second-order valence-corrected chi connectivity index (χ2v) is 7.99. The van der Waals surface area contributed by atoms with Crippen molar-refractivity contribution in [2.75, 3.05) is 10.6 Å². The van der Waals surface area contributed by atoms with Crippen LogP contribution in [-0.2, 0) is 14.4 Å². The summed E-state index contributed by atoms with van der Waals surface area (Å²) in [6.07, 6.45) is 1.23. The monoisotopic (exact) mass is 469 g/mol. The molecule has 2 aromatic carbocycles. The van der Waals surface area contributed by atoms with Crippen molar-refractivity contribution in [3.05, 3.63) is 88.1 Å². The first-order chi connectivity index (χ1) is 15.7. The van der Waals surface area contributed by atoms with Gasteiger partial charge in [0, 0.05) is 29.0 Å². The van der Waals surface area contributed by atoms with Crippen LogP contribution in [0.5, 0.6) is 0 Å². The minimum absolute atomic E-state index is 0.229. The van der Waals surface area contributed by atoms with E-state index in [0.29, 0.717) is 10.7 Å². The summed E-state index contributed by atoms with van der Waals surface area (Å²) in [5, 5.41) is 15.0. The first-order valence-electron chi connectivity index (χ1n) is 9.81. The fourth-order valence-electron chi connectivity index (χ4n) is 3.56. The summed E-state index contributed by atoms with van der Waals surface area (Å²) in [5.41, 5.74) is -2.02. The highest BCUT2D eigenvalue weighted by Crippen LogP contribution is 2.54. The van der Waals surface area contributed by atoms with Gasteiger partial charge in [0.25, 0.3) is 5.56 Å². The minimum atomic E-state index is -2.02. The molecule has 1 fully saturated rings. The number of halogens is 2. The quantitative estimate of drug-likeness (QED) is 0.479. The van der Waals surface area contributed by atoms with E-state index in [0.717, 1.165) is 6.07 Å². The molecule has 0 unspecified atom stereocenters. The number of carbonyl (C=O) groups excluding carboxylic acids is 2. The molecule has 4 rings (SSSR count). The largest absolute Gasteiger partial charge is 0.480 e. The Morgan fingerprint density at radius 1 is 1.06 bits per heavy atom. The average molecular weight is 470 g/mol. The summed E-state index contributed by atoms with van der Waals surface area (Å²) in [4.78, 5) is 49.2. The molecular formula is C23H17ClFN3O5. The van der Waals surface area contributed by atoms with Crippen LogP contribution in [0.3, 0.4) is 0 Å². The van der Waals surface area contributed by atoms with E-state index in [9.17, 15) is 28.7 Å². The Morgan fingerprint density at radius 2 is 1.79 bits per heavy atom. The van der Waals surface area contributed by atoms with Crippen molar-refractivity contribution in [1.82, 2.24) is 4.57 Å². The zero-order chi connectivity index (χ0) is 23.8. The highest BCUT2D eigenvalue weighted by atomic mass is 35.5. The van der Waals surface area contributed by atoms with Crippen LogP contribution < -0.4 is 16.2 Å². The van der Waals surface area contributed by atoms with Crippen LogP contribution in [0.1, 0.15) is 6.42 Å². The number of carbonyl (C=O) groups is 3. The molecule has 0 radical (unpaired) electrons. The third-order valence-corrected chi connectivity index (χ3v) is 5.73. The number of hydrogen-bond acceptors (Lipinski definition) is 4. The topological polar surface area (TPSA) is 118 Å². The van der Waals surface area contributed by atoms with Gasteiger partial charge in [-0.3, -0.25) is 23.7 Å². The lowest BCUT2D eigenvalue weighted by Gasteiger charge is -2.14. The van der Waals surface area contributed by atoms with E-state index in [1.807, 2.05) is 0 Å². The van der Waals surface area contributed by atoms with Gasteiger partial charge in [0.2, 0.25) is 11.8 Å². The SMILES string of the molecule is O=C(Nc1ccc(Cl)cc1)[C@H]1C[C@@]1(C(=O)O)C(=O)Nc1ccc(-n2ccccc2=O)cc1F. The Balaban J connectivity index is 1.51. The summed E-state index contributed by atoms with van der Waals surface area (Å²) in [6, 6.07) is 14.3. The van der Waals surface area contributed by atoms with Gasteiger partial charge >= 0.3 is 5.97 Å². The smallest absolute Gasteiger partial charge is 0.320 e. The van der Waals surface area contributed by atoms with E-state index < -0.39 is 34.9 Å². The lowest BCUT2D eigenvalue weighted by atomic mass is 10.0. The number of aliphatic carboxylic acids is 1. The first-order valence-corrected chi connectivity index (χ1v) is 10.2. The molecule has 1 aliphatic rings. The van der Waals surface area contributed by atoms with Gasteiger partial charge in [0.15, 0.2) is 5.41 Å². The predicted molar refractivity (Wildman–Crippen MR) is 119 cm³/mol. The predicted octanol–water partition coefficient (Wildman–Crippen LogP) is 3.30. The van der Waals surface area contributed by atoms with Crippen LogP contribution >= 0.6 is 11.6 Å². The average Bonchev–Trinajstić information content (AvgIpc) is 3.55. The molecule has 168 valence electrons. The number of nitrogens with zero attached hydrogens (tertiary/aromatic N) is 1. The molecule has 0 spiro atoms. The van der Waals surface area contributed by atoms with Gasteiger partial charge in [-0.1, -0.05) is 17.7 Å². The molecule has 3 aromatic rings. The third kappa shape index (κ3) is 4.22. The van der Waals surface area contributed by atoms with E-state index in [1.165, 1.54) is 29.0 Å². The molecule has 1 saturated carbocycles. The number of hydrogen-bond donors (Lipinski definition) is 3. The molecule has 1 heterocycles. The molecule has 0 aliphatic heterocycles. The second kappa shape index (κ2) is 8.51. The Bertz CT molecular complexity index is 1320. The van der Waals surface area contributed by atoms with Gasteiger partial charge in [-0.2, -0.15) is 0 Å². The van der Waals surface area contributed by atoms with Gasteiger partial charge in [-0.05, 0) is 48.9 Å². The summed E-state index contributed by atoms with van der Waals surface area (Å²) in [7, 11) is 0. The maximum Gasteiger partial charge on any atom is 0.320 e. The van der Waals surface area contributed by atoms with Gasteiger partial charge in [0.05, 0.1) is 17.3 Å². The number of aromatic nitrogens is 1.